The quantitative estimate of drug-likeness (QED) is 0.475. The number of rotatable bonds is 5. The Morgan fingerprint density at radius 1 is 1.41 bits per heavy atom. The van der Waals surface area contributed by atoms with Crippen LogP contribution in [0.4, 0.5) is 4.79 Å². The monoisotopic (exact) mass is 258 g/mol. The first-order chi connectivity index (χ1) is 8.08. The number of nitrogens with one attached hydrogen (secondary N) is 2. The van der Waals surface area contributed by atoms with E-state index in [1.54, 1.807) is 11.8 Å². The summed E-state index contributed by atoms with van der Waals surface area (Å²) in [5, 5.41) is 14.4. The number of carbonyl (C=O) groups excluding carboxylic acids is 2. The van der Waals surface area contributed by atoms with E-state index in [9.17, 15) is 14.4 Å². The molecule has 0 radical (unpaired) electrons. The average Bonchev–Trinajstić information content (AvgIpc) is 2.78. The van der Waals surface area contributed by atoms with Crippen LogP contribution in [0.5, 0.6) is 0 Å². The van der Waals surface area contributed by atoms with Gasteiger partial charge in [0.25, 0.3) is 0 Å². The fourth-order valence-electron chi connectivity index (χ4n) is 2.21. The lowest BCUT2D eigenvalue weighted by molar-refractivity contribution is -0.149. The molecule has 2 aliphatic heterocycles. The van der Waals surface area contributed by atoms with Crippen molar-refractivity contribution in [3.05, 3.63) is 0 Å². The third-order valence-electron chi connectivity index (χ3n) is 3.07. The molecule has 2 fully saturated rings. The SMILES string of the molecule is O=C1N[C@H]2[C@H](CS[C@H]2CCCC(=O)C(=O)O)N1. The second-order valence-corrected chi connectivity index (χ2v) is 5.51. The summed E-state index contributed by atoms with van der Waals surface area (Å²) in [7, 11) is 0. The van der Waals surface area contributed by atoms with Gasteiger partial charge in [-0.2, -0.15) is 11.8 Å². The highest BCUT2D eigenvalue weighted by atomic mass is 32.2. The van der Waals surface area contributed by atoms with Gasteiger partial charge in [-0.15, -0.1) is 0 Å². The van der Waals surface area contributed by atoms with E-state index in [0.717, 1.165) is 12.2 Å². The second-order valence-electron chi connectivity index (χ2n) is 4.24. The van der Waals surface area contributed by atoms with Crippen molar-refractivity contribution in [3.63, 3.8) is 0 Å². The number of amides is 2. The molecule has 6 nitrogen and oxygen atoms in total. The number of aliphatic carboxylic acids is 1. The molecule has 0 aliphatic carbocycles. The van der Waals surface area contributed by atoms with Crippen molar-refractivity contribution in [2.45, 2.75) is 36.6 Å². The first-order valence-corrected chi connectivity index (χ1v) is 6.57. The third kappa shape index (κ3) is 2.71. The Balaban J connectivity index is 1.75. The fraction of sp³-hybridized carbons (Fsp3) is 0.700. The molecule has 0 bridgehead atoms. The summed E-state index contributed by atoms with van der Waals surface area (Å²) in [6.45, 7) is 0. The van der Waals surface area contributed by atoms with Crippen LogP contribution in [0.2, 0.25) is 0 Å². The van der Waals surface area contributed by atoms with Crippen molar-refractivity contribution < 1.29 is 19.5 Å². The van der Waals surface area contributed by atoms with Crippen LogP contribution in [-0.2, 0) is 9.59 Å². The van der Waals surface area contributed by atoms with Gasteiger partial charge in [0.2, 0.25) is 5.78 Å². The highest BCUT2D eigenvalue weighted by molar-refractivity contribution is 8.00. The molecule has 7 heteroatoms. The zero-order valence-electron chi connectivity index (χ0n) is 9.14. The van der Waals surface area contributed by atoms with Gasteiger partial charge in [0.05, 0.1) is 12.1 Å². The van der Waals surface area contributed by atoms with Crippen molar-refractivity contribution in [2.75, 3.05) is 5.75 Å². The molecule has 94 valence electrons. The number of thioether (sulfide) groups is 1. The molecule has 2 saturated heterocycles. The number of carbonyl (C=O) groups is 3. The Morgan fingerprint density at radius 3 is 2.88 bits per heavy atom. The van der Waals surface area contributed by atoms with E-state index in [2.05, 4.69) is 10.6 Å². The van der Waals surface area contributed by atoms with Gasteiger partial charge >= 0.3 is 12.0 Å². The number of Topliss-reactive ketones (excluding diaryl/α,β-unsaturated/α-hetero) is 1. The summed E-state index contributed by atoms with van der Waals surface area (Å²) in [6.07, 6.45) is 1.39. The fourth-order valence-corrected chi connectivity index (χ4v) is 3.76. The van der Waals surface area contributed by atoms with E-state index in [0.29, 0.717) is 6.42 Å². The highest BCUT2D eigenvalue weighted by Gasteiger charge is 2.42. The largest absolute Gasteiger partial charge is 0.476 e. The molecule has 3 atom stereocenters. The standard InChI is InChI=1S/C10H14N2O4S/c13-6(9(14)15)2-1-3-7-8-5(4-17-7)11-10(16)12-8/h5,7-8H,1-4H2,(H,14,15)(H2,11,12,16)/t5-,7-,8-/m0/s1. The molecule has 3 N–H and O–H groups in total. The van der Waals surface area contributed by atoms with Gasteiger partial charge in [0.1, 0.15) is 0 Å². The van der Waals surface area contributed by atoms with Crippen LogP contribution in [0.1, 0.15) is 19.3 Å². The maximum atomic E-state index is 11.1. The van der Waals surface area contributed by atoms with Crippen molar-refractivity contribution in [3.8, 4) is 0 Å². The molecule has 2 aliphatic rings. The van der Waals surface area contributed by atoms with Crippen molar-refractivity contribution in [2.24, 2.45) is 0 Å². The number of carboxylic acid groups (broad SMARTS) is 1. The first-order valence-electron chi connectivity index (χ1n) is 5.52. The zero-order chi connectivity index (χ0) is 12.4. The van der Waals surface area contributed by atoms with E-state index in [4.69, 9.17) is 5.11 Å². The molecule has 0 saturated carbocycles. The highest BCUT2D eigenvalue weighted by Crippen LogP contribution is 2.32. The minimum absolute atomic E-state index is 0.0746. The van der Waals surface area contributed by atoms with Crippen LogP contribution in [0, 0.1) is 0 Å². The van der Waals surface area contributed by atoms with Crippen LogP contribution in [-0.4, -0.2) is 46.0 Å². The molecule has 2 amide bonds. The summed E-state index contributed by atoms with van der Waals surface area (Å²) in [6, 6.07) is 0.159. The predicted octanol–water partition coefficient (Wildman–Crippen LogP) is -0.0242. The summed E-state index contributed by atoms with van der Waals surface area (Å²) in [4.78, 5) is 32.3. The maximum Gasteiger partial charge on any atom is 0.372 e. The molecule has 17 heavy (non-hydrogen) atoms. The van der Waals surface area contributed by atoms with Gasteiger partial charge < -0.3 is 15.7 Å². The first kappa shape index (κ1) is 12.2. The van der Waals surface area contributed by atoms with Gasteiger partial charge in [-0.3, -0.25) is 4.79 Å². The average molecular weight is 258 g/mol. The van der Waals surface area contributed by atoms with Crippen molar-refractivity contribution >= 4 is 29.5 Å². The molecular formula is C10H14N2O4S. The number of hydrogen-bond acceptors (Lipinski definition) is 4. The van der Waals surface area contributed by atoms with E-state index in [1.807, 2.05) is 0 Å². The molecular weight excluding hydrogens is 244 g/mol. The van der Waals surface area contributed by atoms with Gasteiger partial charge in [-0.1, -0.05) is 0 Å². The van der Waals surface area contributed by atoms with E-state index < -0.39 is 11.8 Å². The molecule has 2 rings (SSSR count). The Bertz CT molecular complexity index is 360. The Hall–Kier alpha value is -1.24. The van der Waals surface area contributed by atoms with Crippen LogP contribution < -0.4 is 10.6 Å². The van der Waals surface area contributed by atoms with Gasteiger partial charge in [0, 0.05) is 17.4 Å². The van der Waals surface area contributed by atoms with E-state index in [1.165, 1.54) is 0 Å². The van der Waals surface area contributed by atoms with Crippen molar-refractivity contribution in [1.29, 1.82) is 0 Å². The molecule has 0 spiro atoms. The number of ketones is 1. The van der Waals surface area contributed by atoms with Crippen molar-refractivity contribution in [1.82, 2.24) is 10.6 Å². The zero-order valence-corrected chi connectivity index (χ0v) is 9.96. The van der Waals surface area contributed by atoms with Crippen LogP contribution in [0.15, 0.2) is 0 Å². The Labute approximate surface area is 103 Å². The molecule has 2 heterocycles. The summed E-state index contributed by atoms with van der Waals surface area (Å²) < 4.78 is 0. The summed E-state index contributed by atoms with van der Waals surface area (Å²) >= 11 is 1.76. The lowest BCUT2D eigenvalue weighted by atomic mass is 10.0. The van der Waals surface area contributed by atoms with Crippen LogP contribution >= 0.6 is 11.8 Å². The third-order valence-corrected chi connectivity index (χ3v) is 4.58. The minimum atomic E-state index is -1.36. The van der Waals surface area contributed by atoms with Crippen LogP contribution in [0.25, 0.3) is 0 Å². The lowest BCUT2D eigenvalue weighted by Crippen LogP contribution is -2.36. The molecule has 0 aromatic carbocycles. The number of fused-ring (bicyclic) bond motifs is 1. The summed E-state index contributed by atoms with van der Waals surface area (Å²) in [5.74, 6) is -1.23. The maximum absolute atomic E-state index is 11.1. The van der Waals surface area contributed by atoms with Gasteiger partial charge in [0.15, 0.2) is 0 Å². The van der Waals surface area contributed by atoms with E-state index >= 15 is 0 Å². The Morgan fingerprint density at radius 2 is 2.18 bits per heavy atom. The molecule has 0 aromatic heterocycles. The molecule has 0 unspecified atom stereocenters. The number of hydrogen-bond donors (Lipinski definition) is 3. The number of carboxylic acids is 1. The Kier molecular flexibility index (Phi) is 3.56. The lowest BCUT2D eigenvalue weighted by Gasteiger charge is -2.15. The minimum Gasteiger partial charge on any atom is -0.476 e. The van der Waals surface area contributed by atoms with Gasteiger partial charge in [-0.25, -0.2) is 9.59 Å². The topological polar surface area (TPSA) is 95.5 Å². The predicted molar refractivity (Wildman–Crippen MR) is 62.0 cm³/mol. The van der Waals surface area contributed by atoms with Crippen LogP contribution in [0.3, 0.4) is 0 Å². The second kappa shape index (κ2) is 4.95. The number of urea groups is 1. The normalized spacial score (nSPS) is 30.6. The van der Waals surface area contributed by atoms with Gasteiger partial charge in [-0.05, 0) is 12.8 Å². The summed E-state index contributed by atoms with van der Waals surface area (Å²) in [5.41, 5.74) is 0. The van der Waals surface area contributed by atoms with E-state index in [-0.39, 0.29) is 29.8 Å². The smallest absolute Gasteiger partial charge is 0.372 e. The molecule has 0 aromatic rings.